The summed E-state index contributed by atoms with van der Waals surface area (Å²) in [7, 11) is -6.20. The fraction of sp³-hybridized carbons (Fsp3) is 0.857. The number of rotatable bonds is 4. The Morgan fingerprint density at radius 1 is 1.05 bits per heavy atom. The molecule has 0 aromatic heterocycles. The van der Waals surface area contributed by atoms with Crippen LogP contribution in [0, 0.1) is 0 Å². The zero-order chi connectivity index (χ0) is 16.6. The van der Waals surface area contributed by atoms with Crippen LogP contribution in [0.5, 0.6) is 0 Å². The Morgan fingerprint density at radius 2 is 1.45 bits per heavy atom. The van der Waals surface area contributed by atoms with Crippen molar-refractivity contribution in [2.75, 3.05) is 7.11 Å². The van der Waals surface area contributed by atoms with Gasteiger partial charge in [-0.25, -0.2) is 9.18 Å². The molecule has 0 aromatic carbocycles. The van der Waals surface area contributed by atoms with Crippen LogP contribution in [0.4, 0.5) is 30.7 Å². The molecule has 5 nitrogen and oxygen atoms in total. The molecule has 13 heteroatoms. The summed E-state index contributed by atoms with van der Waals surface area (Å²) in [5.41, 5.74) is -11.2. The molecule has 0 radical (unpaired) electrons. The fourth-order valence-corrected chi connectivity index (χ4v) is 1.59. The minimum Gasteiger partial charge on any atom is -0.466 e. The number of alkyl halides is 7. The molecule has 0 aromatic rings. The van der Waals surface area contributed by atoms with Gasteiger partial charge in [0.15, 0.2) is 0 Å². The molecular formula is C7H7F7O5S. The first-order valence-electron chi connectivity index (χ1n) is 4.45. The Morgan fingerprint density at radius 3 is 1.70 bits per heavy atom. The van der Waals surface area contributed by atoms with Gasteiger partial charge in [0.1, 0.15) is 6.10 Å². The number of hydrogen-bond donors (Lipinski definition) is 0. The molecule has 2 atom stereocenters. The highest BCUT2D eigenvalue weighted by Gasteiger charge is 2.68. The molecule has 0 aliphatic heterocycles. The molecule has 0 N–H and O–H groups in total. The van der Waals surface area contributed by atoms with E-state index in [1.54, 1.807) is 0 Å². The minimum atomic E-state index is -6.53. The Bertz CT molecular complexity index is 467. The van der Waals surface area contributed by atoms with E-state index in [0.717, 1.165) is 0 Å². The molecule has 2 unspecified atom stereocenters. The molecule has 0 heterocycles. The fourth-order valence-electron chi connectivity index (χ4n) is 0.972. The van der Waals surface area contributed by atoms with Crippen molar-refractivity contribution >= 4 is 16.1 Å². The molecule has 0 aliphatic carbocycles. The first-order valence-corrected chi connectivity index (χ1v) is 5.85. The molecule has 120 valence electrons. The molecule has 0 amide bonds. The highest BCUT2D eigenvalue weighted by Crippen LogP contribution is 2.40. The van der Waals surface area contributed by atoms with Gasteiger partial charge in [-0.2, -0.15) is 34.8 Å². The van der Waals surface area contributed by atoms with E-state index in [1.807, 2.05) is 0 Å². The van der Waals surface area contributed by atoms with Crippen LogP contribution in [0.1, 0.15) is 6.92 Å². The molecule has 0 rings (SSSR count). The molecule has 0 saturated heterocycles. The number of carbonyl (C=O) groups excluding carboxylic acids is 1. The molecule has 20 heavy (non-hydrogen) atoms. The van der Waals surface area contributed by atoms with Crippen molar-refractivity contribution < 1.29 is 52.9 Å². The third kappa shape index (κ3) is 3.31. The molecule has 0 fully saturated rings. The maximum atomic E-state index is 13.6. The quantitative estimate of drug-likeness (QED) is 0.338. The van der Waals surface area contributed by atoms with Gasteiger partial charge in [0.05, 0.1) is 7.11 Å². The Balaban J connectivity index is 5.63. The van der Waals surface area contributed by atoms with E-state index in [4.69, 9.17) is 0 Å². The third-order valence-electron chi connectivity index (χ3n) is 2.01. The van der Waals surface area contributed by atoms with Crippen LogP contribution in [0.2, 0.25) is 0 Å². The standard InChI is InChI=1S/C7H7F7O5S/c1-3(19-20(16,17)7(12,13)14)5(8,4(15)18-2)6(9,10)11/h3H,1-2H3. The lowest BCUT2D eigenvalue weighted by molar-refractivity contribution is -0.256. The Labute approximate surface area is 107 Å². The number of esters is 1. The predicted molar refractivity (Wildman–Crippen MR) is 47.4 cm³/mol. The highest BCUT2D eigenvalue weighted by atomic mass is 32.2. The average molecular weight is 336 g/mol. The van der Waals surface area contributed by atoms with Gasteiger partial charge in [0.25, 0.3) is 0 Å². The average Bonchev–Trinajstić information content (AvgIpc) is 2.22. The van der Waals surface area contributed by atoms with E-state index in [9.17, 15) is 43.9 Å². The smallest absolute Gasteiger partial charge is 0.466 e. The predicted octanol–water partition coefficient (Wildman–Crippen LogP) is 1.68. The normalized spacial score (nSPS) is 18.2. The number of ether oxygens (including phenoxy) is 1. The van der Waals surface area contributed by atoms with Crippen LogP contribution in [0.3, 0.4) is 0 Å². The first kappa shape index (κ1) is 18.9. The number of hydrogen-bond acceptors (Lipinski definition) is 5. The lowest BCUT2D eigenvalue weighted by Gasteiger charge is -2.30. The van der Waals surface area contributed by atoms with Gasteiger partial charge in [-0.15, -0.1) is 0 Å². The summed E-state index contributed by atoms with van der Waals surface area (Å²) >= 11 is 0. The zero-order valence-corrected chi connectivity index (χ0v) is 10.5. The van der Waals surface area contributed by atoms with Crippen molar-refractivity contribution in [2.45, 2.75) is 30.4 Å². The van der Waals surface area contributed by atoms with Crippen molar-refractivity contribution in [3.8, 4) is 0 Å². The second-order valence-electron chi connectivity index (χ2n) is 3.34. The summed E-state index contributed by atoms with van der Waals surface area (Å²) in [6.07, 6.45) is -9.40. The second-order valence-corrected chi connectivity index (χ2v) is 4.90. The summed E-state index contributed by atoms with van der Waals surface area (Å²) in [4.78, 5) is 10.8. The van der Waals surface area contributed by atoms with Gasteiger partial charge in [0.2, 0.25) is 0 Å². The zero-order valence-electron chi connectivity index (χ0n) is 9.67. The topological polar surface area (TPSA) is 69.7 Å². The summed E-state index contributed by atoms with van der Waals surface area (Å²) < 4.78 is 114. The lowest BCUT2D eigenvalue weighted by Crippen LogP contribution is -2.58. The van der Waals surface area contributed by atoms with Crippen LogP contribution in [-0.2, 0) is 23.8 Å². The van der Waals surface area contributed by atoms with E-state index in [-0.39, 0.29) is 6.92 Å². The minimum absolute atomic E-state index is 0.00625. The van der Waals surface area contributed by atoms with E-state index in [0.29, 0.717) is 7.11 Å². The number of halogens is 7. The number of methoxy groups -OCH3 is 1. The second kappa shape index (κ2) is 5.35. The summed E-state index contributed by atoms with van der Waals surface area (Å²) in [5, 5.41) is 0. The van der Waals surface area contributed by atoms with E-state index < -0.39 is 39.5 Å². The molecular weight excluding hydrogens is 329 g/mol. The summed E-state index contributed by atoms with van der Waals surface area (Å²) in [6, 6.07) is 0. The van der Waals surface area contributed by atoms with E-state index in [1.165, 1.54) is 0 Å². The van der Waals surface area contributed by atoms with Crippen molar-refractivity contribution in [3.05, 3.63) is 0 Å². The van der Waals surface area contributed by atoms with Gasteiger partial charge >= 0.3 is 33.4 Å². The molecule has 0 bridgehead atoms. The van der Waals surface area contributed by atoms with Gasteiger partial charge in [-0.3, -0.25) is 4.18 Å². The Hall–Kier alpha value is -1.11. The van der Waals surface area contributed by atoms with Crippen LogP contribution in [0.15, 0.2) is 0 Å². The number of carbonyl (C=O) groups is 1. The van der Waals surface area contributed by atoms with Crippen molar-refractivity contribution in [1.29, 1.82) is 0 Å². The van der Waals surface area contributed by atoms with Gasteiger partial charge in [-0.05, 0) is 6.92 Å². The molecule has 0 aliphatic rings. The van der Waals surface area contributed by atoms with Crippen LogP contribution in [0.25, 0.3) is 0 Å². The van der Waals surface area contributed by atoms with Crippen LogP contribution >= 0.6 is 0 Å². The van der Waals surface area contributed by atoms with Gasteiger partial charge in [-0.1, -0.05) is 0 Å². The van der Waals surface area contributed by atoms with Crippen molar-refractivity contribution in [2.24, 2.45) is 0 Å². The summed E-state index contributed by atoms with van der Waals surface area (Å²) in [5.74, 6) is -2.64. The summed E-state index contributed by atoms with van der Waals surface area (Å²) in [6.45, 7) is -0.00625. The van der Waals surface area contributed by atoms with E-state index >= 15 is 0 Å². The van der Waals surface area contributed by atoms with Gasteiger partial charge < -0.3 is 4.74 Å². The molecule has 0 saturated carbocycles. The third-order valence-corrected chi connectivity index (χ3v) is 3.12. The van der Waals surface area contributed by atoms with Crippen LogP contribution in [-0.4, -0.2) is 45.0 Å². The van der Waals surface area contributed by atoms with E-state index in [2.05, 4.69) is 8.92 Å². The largest absolute Gasteiger partial charge is 0.523 e. The van der Waals surface area contributed by atoms with Crippen molar-refractivity contribution in [1.82, 2.24) is 0 Å². The first-order chi connectivity index (χ1) is 8.61. The van der Waals surface area contributed by atoms with Gasteiger partial charge in [0, 0.05) is 0 Å². The Kier molecular flexibility index (Phi) is 5.05. The highest BCUT2D eigenvalue weighted by molar-refractivity contribution is 7.87. The van der Waals surface area contributed by atoms with Crippen LogP contribution < -0.4 is 0 Å². The maximum Gasteiger partial charge on any atom is 0.523 e. The lowest BCUT2D eigenvalue weighted by atomic mass is 10.00. The SMILES string of the molecule is COC(=O)C(F)(C(C)OS(=O)(=O)C(F)(F)F)C(F)(F)F. The molecule has 0 spiro atoms. The maximum absolute atomic E-state index is 13.6. The monoisotopic (exact) mass is 336 g/mol. The van der Waals surface area contributed by atoms with Crippen molar-refractivity contribution in [3.63, 3.8) is 0 Å².